The van der Waals surface area contributed by atoms with E-state index in [1.165, 1.54) is 46.6 Å². The molecular formula is C20H22ClF3N2O4S. The Kier molecular flexibility index (Phi) is 7.96. The van der Waals surface area contributed by atoms with Crippen LogP contribution in [0, 0.1) is 0 Å². The minimum atomic E-state index is -4.79. The highest BCUT2D eigenvalue weighted by atomic mass is 35.5. The van der Waals surface area contributed by atoms with Crippen molar-refractivity contribution in [3.8, 4) is 5.75 Å². The number of carbonyl (C=O) groups is 1. The molecule has 2 aromatic carbocycles. The second-order valence-electron chi connectivity index (χ2n) is 6.59. The van der Waals surface area contributed by atoms with Gasteiger partial charge in [-0.1, -0.05) is 37.6 Å². The molecule has 0 heterocycles. The van der Waals surface area contributed by atoms with Crippen LogP contribution in [0.2, 0.25) is 5.02 Å². The SMILES string of the molecule is CCN(CC)S(=O)(=O)c1cc(C(=O)N(C)Cc2ccc(OC(F)(F)F)cc2)ccc1Cl. The Labute approximate surface area is 184 Å². The first-order valence-corrected chi connectivity index (χ1v) is 11.1. The van der Waals surface area contributed by atoms with Gasteiger partial charge in [0.15, 0.2) is 0 Å². The zero-order valence-electron chi connectivity index (χ0n) is 17.1. The first kappa shape index (κ1) is 25.0. The number of amides is 1. The summed E-state index contributed by atoms with van der Waals surface area (Å²) in [4.78, 5) is 14.0. The quantitative estimate of drug-likeness (QED) is 0.558. The van der Waals surface area contributed by atoms with Gasteiger partial charge in [0.1, 0.15) is 10.6 Å². The Morgan fingerprint density at radius 1 is 1.06 bits per heavy atom. The number of benzene rings is 2. The predicted molar refractivity (Wildman–Crippen MR) is 110 cm³/mol. The van der Waals surface area contributed by atoms with Crippen LogP contribution in [-0.2, 0) is 16.6 Å². The molecule has 0 saturated heterocycles. The third-order valence-corrected chi connectivity index (χ3v) is 6.96. The first-order valence-electron chi connectivity index (χ1n) is 9.29. The van der Waals surface area contributed by atoms with Gasteiger partial charge in [-0.25, -0.2) is 8.42 Å². The van der Waals surface area contributed by atoms with Gasteiger partial charge in [-0.15, -0.1) is 13.2 Å². The Hall–Kier alpha value is -2.30. The van der Waals surface area contributed by atoms with E-state index in [2.05, 4.69) is 4.74 Å². The van der Waals surface area contributed by atoms with Gasteiger partial charge >= 0.3 is 6.36 Å². The van der Waals surface area contributed by atoms with Crippen LogP contribution >= 0.6 is 11.6 Å². The zero-order chi connectivity index (χ0) is 23.4. The van der Waals surface area contributed by atoms with Gasteiger partial charge in [-0.05, 0) is 35.9 Å². The third kappa shape index (κ3) is 6.34. The fraction of sp³-hybridized carbons (Fsp3) is 0.350. The van der Waals surface area contributed by atoms with Gasteiger partial charge < -0.3 is 9.64 Å². The van der Waals surface area contributed by atoms with E-state index in [9.17, 15) is 26.4 Å². The van der Waals surface area contributed by atoms with Crippen molar-refractivity contribution >= 4 is 27.5 Å². The lowest BCUT2D eigenvalue weighted by Crippen LogP contribution is -2.31. The van der Waals surface area contributed by atoms with Crippen molar-refractivity contribution in [1.29, 1.82) is 0 Å². The zero-order valence-corrected chi connectivity index (χ0v) is 18.7. The summed E-state index contributed by atoms with van der Waals surface area (Å²) in [7, 11) is -2.37. The molecule has 0 radical (unpaired) electrons. The summed E-state index contributed by atoms with van der Waals surface area (Å²) in [5, 5.41) is 0.00589. The van der Waals surface area contributed by atoms with Crippen LogP contribution in [0.15, 0.2) is 47.4 Å². The van der Waals surface area contributed by atoms with Crippen LogP contribution in [0.25, 0.3) is 0 Å². The first-order chi connectivity index (χ1) is 14.4. The van der Waals surface area contributed by atoms with Crippen molar-refractivity contribution in [3.05, 3.63) is 58.6 Å². The molecule has 0 aromatic heterocycles. The number of alkyl halides is 3. The number of carbonyl (C=O) groups excluding carboxylic acids is 1. The number of nitrogens with zero attached hydrogens (tertiary/aromatic N) is 2. The number of halogens is 4. The number of rotatable bonds is 8. The number of hydrogen-bond acceptors (Lipinski definition) is 4. The molecule has 0 fully saturated rings. The molecular weight excluding hydrogens is 457 g/mol. The van der Waals surface area contributed by atoms with Crippen molar-refractivity contribution in [2.24, 2.45) is 0 Å². The summed E-state index contributed by atoms with van der Waals surface area (Å²) >= 11 is 6.09. The van der Waals surface area contributed by atoms with E-state index in [1.807, 2.05) is 0 Å². The fourth-order valence-corrected chi connectivity index (χ4v) is 4.86. The van der Waals surface area contributed by atoms with E-state index in [0.29, 0.717) is 5.56 Å². The number of hydrogen-bond donors (Lipinski definition) is 0. The van der Waals surface area contributed by atoms with Crippen molar-refractivity contribution in [2.45, 2.75) is 31.7 Å². The second-order valence-corrected chi connectivity index (χ2v) is 8.90. The number of sulfonamides is 1. The van der Waals surface area contributed by atoms with E-state index in [4.69, 9.17) is 11.6 Å². The largest absolute Gasteiger partial charge is 0.573 e. The highest BCUT2D eigenvalue weighted by Crippen LogP contribution is 2.27. The Morgan fingerprint density at radius 3 is 2.16 bits per heavy atom. The molecule has 0 atom stereocenters. The maximum absolute atomic E-state index is 12.8. The molecule has 2 aromatic rings. The van der Waals surface area contributed by atoms with Crippen molar-refractivity contribution in [2.75, 3.05) is 20.1 Å². The average Bonchev–Trinajstić information content (AvgIpc) is 2.68. The maximum atomic E-state index is 12.8. The van der Waals surface area contributed by atoms with E-state index in [1.54, 1.807) is 13.8 Å². The van der Waals surface area contributed by atoms with Gasteiger partial charge in [0.25, 0.3) is 5.91 Å². The monoisotopic (exact) mass is 478 g/mol. The lowest BCUT2D eigenvalue weighted by molar-refractivity contribution is -0.274. The molecule has 0 bridgehead atoms. The van der Waals surface area contributed by atoms with Crippen LogP contribution in [0.1, 0.15) is 29.8 Å². The predicted octanol–water partition coefficient (Wildman–Crippen LogP) is 4.54. The smallest absolute Gasteiger partial charge is 0.406 e. The van der Waals surface area contributed by atoms with Gasteiger partial charge in [-0.3, -0.25) is 4.79 Å². The Bertz CT molecular complexity index is 1020. The van der Waals surface area contributed by atoms with E-state index in [0.717, 1.165) is 12.1 Å². The lowest BCUT2D eigenvalue weighted by Gasteiger charge is -2.21. The highest BCUT2D eigenvalue weighted by molar-refractivity contribution is 7.89. The van der Waals surface area contributed by atoms with Crippen LogP contribution in [0.5, 0.6) is 5.75 Å². The molecule has 0 saturated carbocycles. The van der Waals surface area contributed by atoms with Gasteiger partial charge in [0.05, 0.1) is 5.02 Å². The van der Waals surface area contributed by atoms with Crippen molar-refractivity contribution < 1.29 is 31.1 Å². The van der Waals surface area contributed by atoms with Crippen molar-refractivity contribution in [1.82, 2.24) is 9.21 Å². The van der Waals surface area contributed by atoms with Crippen LogP contribution in [0.3, 0.4) is 0 Å². The molecule has 2 rings (SSSR count). The summed E-state index contributed by atoms with van der Waals surface area (Å²) in [5.74, 6) is -0.836. The van der Waals surface area contributed by atoms with Gasteiger partial charge in [0.2, 0.25) is 10.0 Å². The van der Waals surface area contributed by atoms with Crippen LogP contribution < -0.4 is 4.74 Å². The molecule has 170 valence electrons. The summed E-state index contributed by atoms with van der Waals surface area (Å²) in [6.07, 6.45) is -4.79. The maximum Gasteiger partial charge on any atom is 0.573 e. The Morgan fingerprint density at radius 2 is 1.65 bits per heavy atom. The molecule has 0 aliphatic carbocycles. The molecule has 0 aliphatic heterocycles. The number of ether oxygens (including phenoxy) is 1. The van der Waals surface area contributed by atoms with Crippen molar-refractivity contribution in [3.63, 3.8) is 0 Å². The van der Waals surface area contributed by atoms with E-state index >= 15 is 0 Å². The fourth-order valence-electron chi connectivity index (χ4n) is 2.90. The summed E-state index contributed by atoms with van der Waals surface area (Å²) in [6, 6.07) is 9.11. The minimum Gasteiger partial charge on any atom is -0.406 e. The molecule has 0 unspecified atom stereocenters. The Balaban J connectivity index is 2.21. The molecule has 0 N–H and O–H groups in total. The normalized spacial score (nSPS) is 12.1. The summed E-state index contributed by atoms with van der Waals surface area (Å²) in [6.45, 7) is 3.99. The standard InChI is InChI=1S/C20H22ClF3N2O4S/c1-4-26(5-2)31(28,29)18-12-15(8-11-17(18)21)19(27)25(3)13-14-6-9-16(10-7-14)30-20(22,23)24/h6-12H,4-5,13H2,1-3H3. The second kappa shape index (κ2) is 9.88. The highest BCUT2D eigenvalue weighted by Gasteiger charge is 2.31. The lowest BCUT2D eigenvalue weighted by atomic mass is 10.1. The minimum absolute atomic E-state index is 0.00589. The molecule has 11 heteroatoms. The molecule has 0 spiro atoms. The average molecular weight is 479 g/mol. The van der Waals surface area contributed by atoms with E-state index in [-0.39, 0.29) is 40.9 Å². The van der Waals surface area contributed by atoms with E-state index < -0.39 is 22.3 Å². The molecule has 1 amide bonds. The van der Waals surface area contributed by atoms with Crippen LogP contribution in [-0.4, -0.2) is 50.0 Å². The third-order valence-electron chi connectivity index (χ3n) is 4.42. The van der Waals surface area contributed by atoms with Crippen LogP contribution in [0.4, 0.5) is 13.2 Å². The molecule has 0 aliphatic rings. The molecule has 31 heavy (non-hydrogen) atoms. The van der Waals surface area contributed by atoms with Gasteiger partial charge in [-0.2, -0.15) is 4.31 Å². The topological polar surface area (TPSA) is 66.9 Å². The molecule has 6 nitrogen and oxygen atoms in total. The summed E-state index contributed by atoms with van der Waals surface area (Å²) in [5.41, 5.74) is 0.685. The van der Waals surface area contributed by atoms with Gasteiger partial charge in [0, 0.05) is 32.2 Å². The summed E-state index contributed by atoms with van der Waals surface area (Å²) < 4.78 is 67.4.